The summed E-state index contributed by atoms with van der Waals surface area (Å²) in [7, 11) is 3.33. The summed E-state index contributed by atoms with van der Waals surface area (Å²) in [5.74, 6) is -0.604. The minimum Gasteiger partial charge on any atom is -0.345 e. The van der Waals surface area contributed by atoms with Gasteiger partial charge in [-0.3, -0.25) is 14.4 Å². The van der Waals surface area contributed by atoms with Gasteiger partial charge in [-0.2, -0.15) is 5.10 Å². The quantitative estimate of drug-likeness (QED) is 0.756. The molecule has 0 radical (unpaired) electrons. The first-order valence-corrected chi connectivity index (χ1v) is 8.94. The molecule has 0 saturated heterocycles. The molecule has 2 aromatic carbocycles. The third kappa shape index (κ3) is 3.64. The van der Waals surface area contributed by atoms with Crippen molar-refractivity contribution in [2.45, 2.75) is 19.9 Å². The molecule has 1 aromatic heterocycles. The van der Waals surface area contributed by atoms with Crippen molar-refractivity contribution >= 4 is 28.3 Å². The molecule has 7 nitrogen and oxygen atoms in total. The normalized spacial score (nSPS) is 10.9. The Morgan fingerprint density at radius 3 is 2.36 bits per heavy atom. The van der Waals surface area contributed by atoms with E-state index < -0.39 is 5.91 Å². The molecule has 0 atom stereocenters. The van der Waals surface area contributed by atoms with Crippen molar-refractivity contribution < 1.29 is 9.59 Å². The summed E-state index contributed by atoms with van der Waals surface area (Å²) in [6.07, 6.45) is 0. The zero-order chi connectivity index (χ0) is 20.4. The van der Waals surface area contributed by atoms with E-state index in [0.717, 1.165) is 0 Å². The first-order chi connectivity index (χ1) is 13.3. The van der Waals surface area contributed by atoms with Crippen molar-refractivity contribution in [3.8, 4) is 0 Å². The highest BCUT2D eigenvalue weighted by Crippen LogP contribution is 2.18. The summed E-state index contributed by atoms with van der Waals surface area (Å²) in [4.78, 5) is 39.2. The van der Waals surface area contributed by atoms with Crippen LogP contribution in [-0.2, 0) is 0 Å². The van der Waals surface area contributed by atoms with Gasteiger partial charge in [0.05, 0.1) is 11.4 Å². The Balaban J connectivity index is 2.03. The van der Waals surface area contributed by atoms with Crippen molar-refractivity contribution in [2.24, 2.45) is 0 Å². The number of benzene rings is 2. The van der Waals surface area contributed by atoms with E-state index in [1.807, 2.05) is 13.8 Å². The van der Waals surface area contributed by atoms with Crippen LogP contribution in [-0.4, -0.2) is 40.6 Å². The fraction of sp³-hybridized carbons (Fsp3) is 0.238. The Hall–Kier alpha value is -3.48. The van der Waals surface area contributed by atoms with Crippen LogP contribution < -0.4 is 10.9 Å². The first kappa shape index (κ1) is 19.3. The van der Waals surface area contributed by atoms with Crippen molar-refractivity contribution in [1.29, 1.82) is 0 Å². The van der Waals surface area contributed by atoms with Crippen LogP contribution in [0.5, 0.6) is 0 Å². The van der Waals surface area contributed by atoms with Gasteiger partial charge >= 0.3 is 0 Å². The molecule has 0 bridgehead atoms. The van der Waals surface area contributed by atoms with Gasteiger partial charge in [0.2, 0.25) is 0 Å². The summed E-state index contributed by atoms with van der Waals surface area (Å²) >= 11 is 0. The van der Waals surface area contributed by atoms with E-state index in [2.05, 4.69) is 10.4 Å². The average Bonchev–Trinajstić information content (AvgIpc) is 2.67. The third-order valence-electron chi connectivity index (χ3n) is 4.31. The van der Waals surface area contributed by atoms with Crippen molar-refractivity contribution in [3.63, 3.8) is 0 Å². The van der Waals surface area contributed by atoms with Crippen LogP contribution in [0.4, 0.5) is 5.69 Å². The molecule has 28 heavy (non-hydrogen) atoms. The van der Waals surface area contributed by atoms with E-state index in [4.69, 9.17) is 0 Å². The van der Waals surface area contributed by atoms with Gasteiger partial charge in [-0.1, -0.05) is 24.3 Å². The largest absolute Gasteiger partial charge is 0.345 e. The highest BCUT2D eigenvalue weighted by molar-refractivity contribution is 6.11. The topological polar surface area (TPSA) is 84.3 Å². The molecule has 144 valence electrons. The van der Waals surface area contributed by atoms with Crippen molar-refractivity contribution in [2.75, 3.05) is 19.4 Å². The summed E-state index contributed by atoms with van der Waals surface area (Å²) in [5, 5.41) is 8.01. The predicted octanol–water partition coefficient (Wildman–Crippen LogP) is 2.93. The number of amides is 2. The van der Waals surface area contributed by atoms with Gasteiger partial charge in [-0.15, -0.1) is 0 Å². The monoisotopic (exact) mass is 378 g/mol. The van der Waals surface area contributed by atoms with E-state index in [9.17, 15) is 14.4 Å². The summed E-state index contributed by atoms with van der Waals surface area (Å²) in [6, 6.07) is 13.4. The number of hydrogen-bond acceptors (Lipinski definition) is 4. The summed E-state index contributed by atoms with van der Waals surface area (Å²) in [5.41, 5.74) is 0.868. The Kier molecular flexibility index (Phi) is 5.26. The number of rotatable bonds is 4. The molecule has 0 aliphatic heterocycles. The minimum atomic E-state index is -0.444. The van der Waals surface area contributed by atoms with E-state index in [0.29, 0.717) is 22.0 Å². The number of nitrogens with one attached hydrogen (secondary N) is 1. The van der Waals surface area contributed by atoms with Gasteiger partial charge in [0.1, 0.15) is 0 Å². The lowest BCUT2D eigenvalue weighted by Gasteiger charge is -2.14. The second-order valence-electron chi connectivity index (χ2n) is 6.97. The Morgan fingerprint density at radius 2 is 1.71 bits per heavy atom. The molecule has 3 rings (SSSR count). The minimum absolute atomic E-state index is 0.159. The van der Waals surface area contributed by atoms with Gasteiger partial charge in [0, 0.05) is 30.7 Å². The Morgan fingerprint density at radius 1 is 1.04 bits per heavy atom. The summed E-state index contributed by atoms with van der Waals surface area (Å²) < 4.78 is 1.31. The first-order valence-electron chi connectivity index (χ1n) is 8.94. The molecule has 1 heterocycles. The second-order valence-corrected chi connectivity index (χ2v) is 6.97. The number of nitrogens with zero attached hydrogens (tertiary/aromatic N) is 3. The predicted molar refractivity (Wildman–Crippen MR) is 109 cm³/mol. The van der Waals surface area contributed by atoms with E-state index in [-0.39, 0.29) is 23.2 Å². The van der Waals surface area contributed by atoms with Crippen LogP contribution in [0.3, 0.4) is 0 Å². The maximum atomic E-state index is 12.9. The molecule has 3 aromatic rings. The fourth-order valence-electron chi connectivity index (χ4n) is 2.90. The van der Waals surface area contributed by atoms with Crippen molar-refractivity contribution in [3.05, 3.63) is 70.1 Å². The smallest absolute Gasteiger partial charge is 0.276 e. The van der Waals surface area contributed by atoms with Crippen LogP contribution in [0.25, 0.3) is 10.8 Å². The highest BCUT2D eigenvalue weighted by Gasteiger charge is 2.18. The number of aromatic nitrogens is 2. The number of hydrogen-bond donors (Lipinski definition) is 1. The number of anilines is 1. The van der Waals surface area contributed by atoms with E-state index in [1.54, 1.807) is 62.6 Å². The molecule has 2 amide bonds. The maximum Gasteiger partial charge on any atom is 0.276 e. The molecule has 0 aliphatic rings. The molecular weight excluding hydrogens is 356 g/mol. The molecule has 7 heteroatoms. The summed E-state index contributed by atoms with van der Waals surface area (Å²) in [6.45, 7) is 3.67. The zero-order valence-corrected chi connectivity index (χ0v) is 16.3. The molecule has 0 unspecified atom stereocenters. The number of carbonyl (C=O) groups excluding carboxylic acids is 2. The SMILES string of the molecule is CC(C)n1nc(C(=O)Nc2cccc(C(=O)N(C)C)c2)c2ccccc2c1=O. The van der Waals surface area contributed by atoms with Crippen LogP contribution in [0.2, 0.25) is 0 Å². The van der Waals surface area contributed by atoms with E-state index >= 15 is 0 Å². The Labute approximate surface area is 162 Å². The lowest BCUT2D eigenvalue weighted by atomic mass is 10.1. The van der Waals surface area contributed by atoms with Gasteiger partial charge in [-0.05, 0) is 38.1 Å². The van der Waals surface area contributed by atoms with E-state index in [1.165, 1.54) is 9.58 Å². The molecule has 0 saturated carbocycles. The van der Waals surface area contributed by atoms with Crippen LogP contribution >= 0.6 is 0 Å². The Bertz CT molecular complexity index is 1120. The maximum absolute atomic E-state index is 12.9. The lowest BCUT2D eigenvalue weighted by Crippen LogP contribution is -2.29. The molecule has 0 fully saturated rings. The fourth-order valence-corrected chi connectivity index (χ4v) is 2.90. The average molecular weight is 378 g/mol. The molecular formula is C21H22N4O3. The molecule has 0 aliphatic carbocycles. The molecule has 1 N–H and O–H groups in total. The van der Waals surface area contributed by atoms with Gasteiger partial charge in [-0.25, -0.2) is 4.68 Å². The molecule has 0 spiro atoms. The zero-order valence-electron chi connectivity index (χ0n) is 16.3. The lowest BCUT2D eigenvalue weighted by molar-refractivity contribution is 0.0827. The standard InChI is InChI=1S/C21H22N4O3/c1-13(2)25-21(28)17-11-6-5-10-16(17)18(23-25)19(26)22-15-9-7-8-14(12-15)20(27)24(3)4/h5-13H,1-4H3,(H,22,26). The van der Waals surface area contributed by atoms with Gasteiger partial charge < -0.3 is 10.2 Å². The van der Waals surface area contributed by atoms with Crippen LogP contribution in [0.1, 0.15) is 40.7 Å². The van der Waals surface area contributed by atoms with Crippen LogP contribution in [0.15, 0.2) is 53.3 Å². The number of carbonyl (C=O) groups is 2. The van der Waals surface area contributed by atoms with Gasteiger partial charge in [0.25, 0.3) is 17.4 Å². The van der Waals surface area contributed by atoms with Crippen LogP contribution in [0, 0.1) is 0 Å². The third-order valence-corrected chi connectivity index (χ3v) is 4.31. The van der Waals surface area contributed by atoms with Crippen molar-refractivity contribution in [1.82, 2.24) is 14.7 Å². The van der Waals surface area contributed by atoms with Gasteiger partial charge in [0.15, 0.2) is 5.69 Å². The number of fused-ring (bicyclic) bond motifs is 1. The second kappa shape index (κ2) is 7.64. The highest BCUT2D eigenvalue weighted by atomic mass is 16.2.